The summed E-state index contributed by atoms with van der Waals surface area (Å²) in [7, 11) is 0. The molecule has 3 aliphatic rings. The third-order valence-corrected chi connectivity index (χ3v) is 3.70. The topological polar surface area (TPSA) is 9.23 Å². The van der Waals surface area contributed by atoms with Gasteiger partial charge in [0, 0.05) is 12.0 Å². The van der Waals surface area contributed by atoms with Crippen molar-refractivity contribution in [1.82, 2.24) is 0 Å². The first kappa shape index (κ1) is 6.90. The van der Waals surface area contributed by atoms with Gasteiger partial charge in [0.05, 0.1) is 6.61 Å². The molecule has 1 spiro atoms. The highest BCUT2D eigenvalue weighted by Gasteiger charge is 2.49. The molecule has 1 fully saturated rings. The van der Waals surface area contributed by atoms with Gasteiger partial charge in [-0.15, -0.1) is 0 Å². The number of hydrogen-bond donors (Lipinski definition) is 0. The predicted molar refractivity (Wildman–Crippen MR) is 47.7 cm³/mol. The first-order valence-electron chi connectivity index (χ1n) is 4.86. The van der Waals surface area contributed by atoms with Crippen molar-refractivity contribution in [2.24, 2.45) is 17.3 Å². The minimum Gasteiger partial charge on any atom is -0.380 e. The molecule has 2 aliphatic carbocycles. The van der Waals surface area contributed by atoms with Crippen LogP contribution in [0.1, 0.15) is 12.8 Å². The van der Waals surface area contributed by atoms with E-state index in [4.69, 9.17) is 4.74 Å². The van der Waals surface area contributed by atoms with Crippen LogP contribution >= 0.6 is 0 Å². The second-order valence-corrected chi connectivity index (χ2v) is 4.19. The van der Waals surface area contributed by atoms with Gasteiger partial charge in [0.15, 0.2) is 0 Å². The first-order chi connectivity index (χ1) is 5.92. The van der Waals surface area contributed by atoms with E-state index < -0.39 is 0 Å². The normalized spacial score (nSPS) is 49.3. The molecule has 0 radical (unpaired) electrons. The number of hydrogen-bond acceptors (Lipinski definition) is 1. The van der Waals surface area contributed by atoms with Gasteiger partial charge in [0.2, 0.25) is 0 Å². The Bertz CT molecular complexity index is 252. The van der Waals surface area contributed by atoms with Gasteiger partial charge < -0.3 is 4.74 Å². The molecule has 1 heterocycles. The van der Waals surface area contributed by atoms with E-state index >= 15 is 0 Å². The molecule has 0 aromatic heterocycles. The zero-order valence-corrected chi connectivity index (χ0v) is 7.20. The fourth-order valence-corrected chi connectivity index (χ4v) is 2.83. The van der Waals surface area contributed by atoms with E-state index in [1.807, 2.05) is 0 Å². The SMILES string of the molecule is C1=C[C@@H]2CCOCC23C=C[C@@H]3C1. The molecule has 1 saturated heterocycles. The molecule has 1 unspecified atom stereocenters. The van der Waals surface area contributed by atoms with Crippen molar-refractivity contribution in [3.8, 4) is 0 Å². The maximum absolute atomic E-state index is 5.58. The average Bonchev–Trinajstić information content (AvgIpc) is 2.10. The largest absolute Gasteiger partial charge is 0.380 e. The van der Waals surface area contributed by atoms with Gasteiger partial charge in [-0.05, 0) is 24.7 Å². The summed E-state index contributed by atoms with van der Waals surface area (Å²) in [5, 5.41) is 0. The third kappa shape index (κ3) is 0.680. The summed E-state index contributed by atoms with van der Waals surface area (Å²) >= 11 is 0. The van der Waals surface area contributed by atoms with E-state index in [1.165, 1.54) is 12.8 Å². The lowest BCUT2D eigenvalue weighted by Gasteiger charge is -2.52. The van der Waals surface area contributed by atoms with Crippen LogP contribution in [0.5, 0.6) is 0 Å². The summed E-state index contributed by atoms with van der Waals surface area (Å²) in [5.74, 6) is 1.56. The van der Waals surface area contributed by atoms with Gasteiger partial charge in [-0.1, -0.05) is 24.3 Å². The summed E-state index contributed by atoms with van der Waals surface area (Å²) in [6.45, 7) is 1.92. The van der Waals surface area contributed by atoms with Crippen LogP contribution in [0.25, 0.3) is 0 Å². The van der Waals surface area contributed by atoms with Crippen molar-refractivity contribution >= 4 is 0 Å². The molecular formula is C11H14O. The molecule has 0 N–H and O–H groups in total. The van der Waals surface area contributed by atoms with Crippen LogP contribution in [0.15, 0.2) is 24.3 Å². The van der Waals surface area contributed by atoms with Gasteiger partial charge in [0.1, 0.15) is 0 Å². The van der Waals surface area contributed by atoms with Gasteiger partial charge in [-0.3, -0.25) is 0 Å². The Kier molecular flexibility index (Phi) is 1.28. The number of rotatable bonds is 0. The second-order valence-electron chi connectivity index (χ2n) is 4.19. The van der Waals surface area contributed by atoms with Crippen LogP contribution in [-0.2, 0) is 4.74 Å². The molecule has 3 atom stereocenters. The smallest absolute Gasteiger partial charge is 0.0568 e. The molecule has 64 valence electrons. The molecule has 1 aliphatic heterocycles. The van der Waals surface area contributed by atoms with Crippen molar-refractivity contribution in [1.29, 1.82) is 0 Å². The van der Waals surface area contributed by atoms with Crippen molar-refractivity contribution in [2.75, 3.05) is 13.2 Å². The highest BCUT2D eigenvalue weighted by Crippen LogP contribution is 2.53. The number of ether oxygens (including phenoxy) is 1. The van der Waals surface area contributed by atoms with Crippen LogP contribution in [0, 0.1) is 17.3 Å². The van der Waals surface area contributed by atoms with Gasteiger partial charge in [-0.2, -0.15) is 0 Å². The summed E-state index contributed by atoms with van der Waals surface area (Å²) < 4.78 is 5.58. The number of allylic oxidation sites excluding steroid dienone is 3. The van der Waals surface area contributed by atoms with Crippen LogP contribution in [0.3, 0.4) is 0 Å². The Labute approximate surface area is 73.1 Å². The maximum Gasteiger partial charge on any atom is 0.0568 e. The van der Waals surface area contributed by atoms with Gasteiger partial charge >= 0.3 is 0 Å². The van der Waals surface area contributed by atoms with Crippen molar-refractivity contribution in [2.45, 2.75) is 12.8 Å². The van der Waals surface area contributed by atoms with E-state index in [2.05, 4.69) is 24.3 Å². The van der Waals surface area contributed by atoms with Crippen LogP contribution in [-0.4, -0.2) is 13.2 Å². The summed E-state index contributed by atoms with van der Waals surface area (Å²) in [6, 6.07) is 0. The molecular weight excluding hydrogens is 148 g/mol. The van der Waals surface area contributed by atoms with Crippen LogP contribution in [0.2, 0.25) is 0 Å². The zero-order chi connectivity index (χ0) is 8.02. The zero-order valence-electron chi connectivity index (χ0n) is 7.20. The van der Waals surface area contributed by atoms with E-state index in [-0.39, 0.29) is 0 Å². The Morgan fingerprint density at radius 1 is 1.25 bits per heavy atom. The molecule has 0 saturated carbocycles. The third-order valence-electron chi connectivity index (χ3n) is 3.70. The monoisotopic (exact) mass is 162 g/mol. The Balaban J connectivity index is 1.98. The fourth-order valence-electron chi connectivity index (χ4n) is 2.83. The molecule has 0 amide bonds. The second kappa shape index (κ2) is 2.23. The van der Waals surface area contributed by atoms with Crippen molar-refractivity contribution < 1.29 is 4.74 Å². The molecule has 12 heavy (non-hydrogen) atoms. The average molecular weight is 162 g/mol. The van der Waals surface area contributed by atoms with Gasteiger partial charge in [0.25, 0.3) is 0 Å². The van der Waals surface area contributed by atoms with Crippen LogP contribution < -0.4 is 0 Å². The van der Waals surface area contributed by atoms with Crippen LogP contribution in [0.4, 0.5) is 0 Å². The minimum atomic E-state index is 0.424. The van der Waals surface area contributed by atoms with E-state index in [1.54, 1.807) is 0 Å². The van der Waals surface area contributed by atoms with E-state index in [9.17, 15) is 0 Å². The highest BCUT2D eigenvalue weighted by molar-refractivity contribution is 5.28. The predicted octanol–water partition coefficient (Wildman–Crippen LogP) is 2.16. The lowest BCUT2D eigenvalue weighted by molar-refractivity contribution is -0.0464. The van der Waals surface area contributed by atoms with Gasteiger partial charge in [-0.25, -0.2) is 0 Å². The molecule has 0 bridgehead atoms. The van der Waals surface area contributed by atoms with E-state index in [0.29, 0.717) is 5.41 Å². The molecule has 1 nitrogen and oxygen atoms in total. The Hall–Kier alpha value is -0.560. The molecule has 3 rings (SSSR count). The summed E-state index contributed by atoms with van der Waals surface area (Å²) in [6.07, 6.45) is 11.9. The maximum atomic E-state index is 5.58. The van der Waals surface area contributed by atoms with Crippen molar-refractivity contribution in [3.63, 3.8) is 0 Å². The minimum absolute atomic E-state index is 0.424. The molecule has 0 aromatic carbocycles. The Morgan fingerprint density at radius 3 is 3.00 bits per heavy atom. The highest BCUT2D eigenvalue weighted by atomic mass is 16.5. The summed E-state index contributed by atoms with van der Waals surface area (Å²) in [4.78, 5) is 0. The first-order valence-corrected chi connectivity index (χ1v) is 4.86. The summed E-state index contributed by atoms with van der Waals surface area (Å²) in [5.41, 5.74) is 0.424. The van der Waals surface area contributed by atoms with E-state index in [0.717, 1.165) is 25.0 Å². The lowest BCUT2D eigenvalue weighted by Crippen LogP contribution is -2.48. The molecule has 0 aromatic rings. The fraction of sp³-hybridized carbons (Fsp3) is 0.636. The standard InChI is InChI=1S/C11H14O/c1-2-9-4-6-11(9)8-12-7-5-10(11)3-1/h1,3-4,6,9-10H,2,5,7-8H2/t9-,10+,11?/m0/s1. The lowest BCUT2D eigenvalue weighted by atomic mass is 9.55. The molecule has 1 heteroatoms. The van der Waals surface area contributed by atoms with Crippen molar-refractivity contribution in [3.05, 3.63) is 24.3 Å². The Morgan fingerprint density at radius 2 is 2.25 bits per heavy atom. The quantitative estimate of drug-likeness (QED) is 0.496.